The van der Waals surface area contributed by atoms with Gasteiger partial charge < -0.3 is 10.1 Å². The topological polar surface area (TPSA) is 97.6 Å². The molecule has 0 radical (unpaired) electrons. The van der Waals surface area contributed by atoms with Crippen molar-refractivity contribution in [1.82, 2.24) is 20.5 Å². The monoisotopic (exact) mass is 403 g/mol. The summed E-state index contributed by atoms with van der Waals surface area (Å²) < 4.78 is 6.96. The fourth-order valence-electron chi connectivity index (χ4n) is 2.86. The molecule has 2 amide bonds. The summed E-state index contributed by atoms with van der Waals surface area (Å²) in [6.07, 6.45) is 5.11. The van der Waals surface area contributed by atoms with Gasteiger partial charge in [0.1, 0.15) is 11.4 Å². The average molecular weight is 403 g/mol. The molecule has 1 aromatic heterocycles. The Balaban J connectivity index is 1.58. The van der Waals surface area contributed by atoms with Crippen molar-refractivity contribution < 1.29 is 14.3 Å². The summed E-state index contributed by atoms with van der Waals surface area (Å²) in [4.78, 5) is 23.6. The Morgan fingerprint density at radius 2 is 1.83 bits per heavy atom. The van der Waals surface area contributed by atoms with Gasteiger partial charge in [0, 0.05) is 23.4 Å². The zero-order valence-corrected chi connectivity index (χ0v) is 16.4. The molecule has 0 aliphatic heterocycles. The predicted molar refractivity (Wildman–Crippen MR) is 112 cm³/mol. The molecule has 0 unspecified atom stereocenters. The normalized spacial score (nSPS) is 13.2. The molecule has 4 rings (SSSR count). The number of para-hydroxylation sites is 1. The van der Waals surface area contributed by atoms with Crippen LogP contribution in [0.4, 0.5) is 0 Å². The van der Waals surface area contributed by atoms with Crippen molar-refractivity contribution >= 4 is 18.0 Å². The molecular formula is C22H21N5O3. The number of nitrogens with zero attached hydrogens (tertiary/aromatic N) is 3. The lowest BCUT2D eigenvalue weighted by atomic mass is 10.1. The zero-order valence-electron chi connectivity index (χ0n) is 16.4. The number of ether oxygens (including phenoxy) is 1. The molecule has 3 aromatic rings. The zero-order chi connectivity index (χ0) is 20.9. The molecule has 1 aliphatic rings. The molecule has 2 aromatic carbocycles. The number of nitrogens with one attached hydrogen (secondary N) is 2. The first-order chi connectivity index (χ1) is 14.6. The second-order valence-electron chi connectivity index (χ2n) is 6.89. The molecule has 0 atom stereocenters. The highest BCUT2D eigenvalue weighted by Crippen LogP contribution is 2.25. The van der Waals surface area contributed by atoms with Crippen LogP contribution in [0.15, 0.2) is 65.9 Å². The highest BCUT2D eigenvalue weighted by atomic mass is 16.5. The van der Waals surface area contributed by atoms with Gasteiger partial charge in [-0.05, 0) is 49.2 Å². The van der Waals surface area contributed by atoms with Crippen LogP contribution in [0.2, 0.25) is 0 Å². The standard InChI is InChI=1S/C22H21N5O3/c1-30-19-11-7-15(8-12-19)20-16(14-27(26-20)18-5-3-2-4-6-18)13-23-25-22(29)21(28)24-17-9-10-17/h2-8,11-14,17H,9-10H2,1H3,(H,24,28)(H,25,29)/b23-13-. The van der Waals surface area contributed by atoms with E-state index in [1.165, 1.54) is 6.21 Å². The van der Waals surface area contributed by atoms with Crippen LogP contribution in [0.3, 0.4) is 0 Å². The summed E-state index contributed by atoms with van der Waals surface area (Å²) >= 11 is 0. The summed E-state index contributed by atoms with van der Waals surface area (Å²) in [5, 5.41) is 11.3. The first-order valence-electron chi connectivity index (χ1n) is 9.57. The molecule has 0 saturated heterocycles. The van der Waals surface area contributed by atoms with Crippen LogP contribution in [-0.4, -0.2) is 41.0 Å². The summed E-state index contributed by atoms with van der Waals surface area (Å²) in [5.41, 5.74) is 5.39. The minimum Gasteiger partial charge on any atom is -0.497 e. The van der Waals surface area contributed by atoms with Crippen molar-refractivity contribution in [2.75, 3.05) is 7.11 Å². The van der Waals surface area contributed by atoms with Crippen LogP contribution < -0.4 is 15.5 Å². The van der Waals surface area contributed by atoms with Gasteiger partial charge in [0.2, 0.25) is 0 Å². The molecule has 1 aliphatic carbocycles. The van der Waals surface area contributed by atoms with Gasteiger partial charge in [-0.25, -0.2) is 10.1 Å². The lowest BCUT2D eigenvalue weighted by molar-refractivity contribution is -0.139. The Labute approximate surface area is 173 Å². The highest BCUT2D eigenvalue weighted by molar-refractivity contribution is 6.35. The Morgan fingerprint density at radius 1 is 1.10 bits per heavy atom. The van der Waals surface area contributed by atoms with Crippen LogP contribution in [0, 0.1) is 0 Å². The van der Waals surface area contributed by atoms with Crippen molar-refractivity contribution in [2.45, 2.75) is 18.9 Å². The number of rotatable bonds is 6. The quantitative estimate of drug-likeness (QED) is 0.375. The molecule has 8 heteroatoms. The molecular weight excluding hydrogens is 382 g/mol. The van der Waals surface area contributed by atoms with E-state index in [9.17, 15) is 9.59 Å². The molecule has 1 fully saturated rings. The number of methoxy groups -OCH3 is 1. The van der Waals surface area contributed by atoms with Gasteiger partial charge in [-0.1, -0.05) is 18.2 Å². The number of benzene rings is 2. The maximum atomic E-state index is 11.9. The van der Waals surface area contributed by atoms with Crippen LogP contribution in [-0.2, 0) is 9.59 Å². The van der Waals surface area contributed by atoms with Crippen molar-refractivity contribution in [3.8, 4) is 22.7 Å². The van der Waals surface area contributed by atoms with E-state index in [1.54, 1.807) is 11.8 Å². The van der Waals surface area contributed by atoms with E-state index in [-0.39, 0.29) is 6.04 Å². The number of hydrazone groups is 1. The maximum Gasteiger partial charge on any atom is 0.329 e. The second-order valence-corrected chi connectivity index (χ2v) is 6.89. The first-order valence-corrected chi connectivity index (χ1v) is 9.57. The predicted octanol–water partition coefficient (Wildman–Crippen LogP) is 2.28. The van der Waals surface area contributed by atoms with Gasteiger partial charge in [-0.15, -0.1) is 0 Å². The third-order valence-corrected chi connectivity index (χ3v) is 4.62. The summed E-state index contributed by atoms with van der Waals surface area (Å²) in [6.45, 7) is 0. The first kappa shape index (κ1) is 19.4. The van der Waals surface area contributed by atoms with Crippen LogP contribution in [0.1, 0.15) is 18.4 Å². The van der Waals surface area contributed by atoms with Crippen LogP contribution >= 0.6 is 0 Å². The fourth-order valence-corrected chi connectivity index (χ4v) is 2.86. The number of carbonyl (C=O) groups is 2. The van der Waals surface area contributed by atoms with Crippen LogP contribution in [0.25, 0.3) is 16.9 Å². The third kappa shape index (κ3) is 4.54. The molecule has 8 nitrogen and oxygen atoms in total. The van der Waals surface area contributed by atoms with Gasteiger partial charge in [-0.3, -0.25) is 9.59 Å². The minimum absolute atomic E-state index is 0.109. The van der Waals surface area contributed by atoms with E-state index >= 15 is 0 Å². The second kappa shape index (κ2) is 8.60. The summed E-state index contributed by atoms with van der Waals surface area (Å²) in [5.74, 6) is -0.727. The Morgan fingerprint density at radius 3 is 2.50 bits per heavy atom. The van der Waals surface area contributed by atoms with Crippen molar-refractivity contribution in [2.24, 2.45) is 5.10 Å². The molecule has 1 saturated carbocycles. The third-order valence-electron chi connectivity index (χ3n) is 4.62. The highest BCUT2D eigenvalue weighted by Gasteiger charge is 2.26. The molecule has 30 heavy (non-hydrogen) atoms. The number of hydrogen-bond acceptors (Lipinski definition) is 5. The van der Waals surface area contributed by atoms with Crippen LogP contribution in [0.5, 0.6) is 5.75 Å². The Hall–Kier alpha value is -3.94. The van der Waals surface area contributed by atoms with Crippen molar-refractivity contribution in [3.05, 3.63) is 66.4 Å². The van der Waals surface area contributed by atoms with E-state index in [0.717, 1.165) is 29.8 Å². The van der Waals surface area contributed by atoms with Gasteiger partial charge in [0.25, 0.3) is 0 Å². The van der Waals surface area contributed by atoms with Gasteiger partial charge in [-0.2, -0.15) is 10.2 Å². The van der Waals surface area contributed by atoms with Crippen molar-refractivity contribution in [3.63, 3.8) is 0 Å². The Kier molecular flexibility index (Phi) is 5.56. The number of amides is 2. The summed E-state index contributed by atoms with van der Waals surface area (Å²) in [6, 6.07) is 17.3. The maximum absolute atomic E-state index is 11.9. The molecule has 0 bridgehead atoms. The smallest absolute Gasteiger partial charge is 0.329 e. The van der Waals surface area contributed by atoms with E-state index in [1.807, 2.05) is 60.8 Å². The average Bonchev–Trinajstić information content (AvgIpc) is 3.50. The number of carbonyl (C=O) groups excluding carboxylic acids is 2. The SMILES string of the molecule is COc1ccc(-c2nn(-c3ccccc3)cc2/C=N\NC(=O)C(=O)NC2CC2)cc1. The molecule has 152 valence electrons. The Bertz CT molecular complexity index is 1070. The van der Waals surface area contributed by atoms with E-state index in [0.29, 0.717) is 11.3 Å². The van der Waals surface area contributed by atoms with Gasteiger partial charge in [0.15, 0.2) is 0 Å². The van der Waals surface area contributed by atoms with E-state index in [2.05, 4.69) is 20.9 Å². The molecule has 2 N–H and O–H groups in total. The van der Waals surface area contributed by atoms with Gasteiger partial charge in [0.05, 0.1) is 19.0 Å². The van der Waals surface area contributed by atoms with Crippen molar-refractivity contribution in [1.29, 1.82) is 0 Å². The molecule has 0 spiro atoms. The van der Waals surface area contributed by atoms with E-state index in [4.69, 9.17) is 4.74 Å². The lowest BCUT2D eigenvalue weighted by Gasteiger charge is -2.03. The minimum atomic E-state index is -0.792. The molecule has 1 heterocycles. The number of hydrogen-bond donors (Lipinski definition) is 2. The summed E-state index contributed by atoms with van der Waals surface area (Å²) in [7, 11) is 1.61. The largest absolute Gasteiger partial charge is 0.497 e. The fraction of sp³-hybridized carbons (Fsp3) is 0.182. The van der Waals surface area contributed by atoms with Gasteiger partial charge >= 0.3 is 11.8 Å². The van der Waals surface area contributed by atoms with E-state index < -0.39 is 11.8 Å². The number of aromatic nitrogens is 2. The lowest BCUT2D eigenvalue weighted by Crippen LogP contribution is -2.38.